The van der Waals surface area contributed by atoms with Crippen LogP contribution in [-0.4, -0.2) is 39.7 Å². The predicted octanol–water partition coefficient (Wildman–Crippen LogP) is 3.96. The van der Waals surface area contributed by atoms with Crippen molar-refractivity contribution in [3.8, 4) is 10.7 Å². The van der Waals surface area contributed by atoms with Gasteiger partial charge in [-0.25, -0.2) is 0 Å². The molecule has 162 valence electrons. The lowest BCUT2D eigenvalue weighted by Gasteiger charge is -2.31. The Balaban J connectivity index is 1.65. The number of amides is 2. The van der Waals surface area contributed by atoms with Gasteiger partial charge in [0.1, 0.15) is 6.04 Å². The highest BCUT2D eigenvalue weighted by atomic mass is 32.1. The number of H-pyrrole nitrogens is 1. The van der Waals surface area contributed by atoms with E-state index in [1.54, 1.807) is 23.6 Å². The average Bonchev–Trinajstić information content (AvgIpc) is 3.43. The van der Waals surface area contributed by atoms with Crippen molar-refractivity contribution in [3.05, 3.63) is 46.0 Å². The topological polar surface area (TPSA) is 109 Å². The molecule has 1 aromatic carbocycles. The van der Waals surface area contributed by atoms with E-state index < -0.39 is 11.9 Å². The summed E-state index contributed by atoms with van der Waals surface area (Å²) in [5, 5.41) is 12.0. The Morgan fingerprint density at radius 2 is 2.03 bits per heavy atom. The van der Waals surface area contributed by atoms with Crippen LogP contribution in [-0.2, 0) is 4.79 Å². The summed E-state index contributed by atoms with van der Waals surface area (Å²) in [6.07, 6.45) is 3.38. The summed E-state index contributed by atoms with van der Waals surface area (Å²) in [6.45, 7) is 3.59. The smallest absolute Gasteiger partial charge is 0.248 e. The summed E-state index contributed by atoms with van der Waals surface area (Å²) in [5.74, 6) is -0.175. The SMILES string of the molecule is CC(C(=O)Nc1cc(C(N)=O)ccc1N1CCCCC1)n1c(-c2cccs2)n[nH]c1=S. The number of piperidine rings is 1. The number of carbonyl (C=O) groups excluding carboxylic acids is 2. The van der Waals surface area contributed by atoms with Crippen molar-refractivity contribution >= 4 is 46.7 Å². The zero-order chi connectivity index (χ0) is 22.0. The Hall–Kier alpha value is -2.98. The quantitative estimate of drug-likeness (QED) is 0.487. The predicted molar refractivity (Wildman–Crippen MR) is 125 cm³/mol. The van der Waals surface area contributed by atoms with Crippen LogP contribution in [0.3, 0.4) is 0 Å². The molecule has 3 aromatic rings. The Morgan fingerprint density at radius 1 is 1.26 bits per heavy atom. The number of aromatic amines is 1. The zero-order valence-electron chi connectivity index (χ0n) is 17.1. The summed E-state index contributed by atoms with van der Waals surface area (Å²) >= 11 is 6.91. The number of carbonyl (C=O) groups is 2. The van der Waals surface area contributed by atoms with Gasteiger partial charge in [-0.1, -0.05) is 6.07 Å². The Kier molecular flexibility index (Phi) is 6.19. The fraction of sp³-hybridized carbons (Fsp3) is 0.333. The average molecular weight is 457 g/mol. The van der Waals surface area contributed by atoms with Crippen molar-refractivity contribution in [2.75, 3.05) is 23.3 Å². The molecular weight excluding hydrogens is 432 g/mol. The molecule has 1 aliphatic heterocycles. The van der Waals surface area contributed by atoms with Crippen molar-refractivity contribution in [1.29, 1.82) is 0 Å². The molecular formula is C21H24N6O2S2. The number of rotatable bonds is 6. The third-order valence-corrected chi connectivity index (χ3v) is 6.60. The molecule has 4 rings (SSSR count). The van der Waals surface area contributed by atoms with Gasteiger partial charge < -0.3 is 16.0 Å². The van der Waals surface area contributed by atoms with Gasteiger partial charge in [0, 0.05) is 18.7 Å². The van der Waals surface area contributed by atoms with Crippen molar-refractivity contribution in [3.63, 3.8) is 0 Å². The minimum atomic E-state index is -0.616. The second kappa shape index (κ2) is 9.03. The van der Waals surface area contributed by atoms with Crippen LogP contribution in [0.1, 0.15) is 42.6 Å². The first-order valence-corrected chi connectivity index (χ1v) is 11.4. The van der Waals surface area contributed by atoms with Crippen molar-refractivity contribution in [2.45, 2.75) is 32.2 Å². The highest BCUT2D eigenvalue weighted by Gasteiger charge is 2.24. The number of benzene rings is 1. The maximum atomic E-state index is 13.2. The molecule has 1 saturated heterocycles. The van der Waals surface area contributed by atoms with Crippen LogP contribution >= 0.6 is 23.6 Å². The Morgan fingerprint density at radius 3 is 2.71 bits per heavy atom. The first-order chi connectivity index (χ1) is 15.0. The Labute approximate surface area is 189 Å². The maximum absolute atomic E-state index is 13.2. The highest BCUT2D eigenvalue weighted by molar-refractivity contribution is 7.71. The van der Waals surface area contributed by atoms with E-state index in [2.05, 4.69) is 20.4 Å². The fourth-order valence-corrected chi connectivity index (χ4v) is 4.80. The van der Waals surface area contributed by atoms with Crippen LogP contribution in [0.4, 0.5) is 11.4 Å². The number of primary amides is 1. The van der Waals surface area contributed by atoms with Gasteiger partial charge in [0.2, 0.25) is 11.8 Å². The monoisotopic (exact) mass is 456 g/mol. The van der Waals surface area contributed by atoms with Crippen LogP contribution in [0.15, 0.2) is 35.7 Å². The number of hydrogen-bond acceptors (Lipinski definition) is 6. The standard InChI is InChI=1S/C21H24N6O2S2/c1-13(27-19(24-25-21(27)30)17-6-5-11-31-17)20(29)23-15-12-14(18(22)28)7-8-16(15)26-9-3-2-4-10-26/h5-8,11-13H,2-4,9-10H2,1H3,(H2,22,28)(H,23,29)(H,25,30). The summed E-state index contributed by atoms with van der Waals surface area (Å²) in [4.78, 5) is 28.1. The maximum Gasteiger partial charge on any atom is 0.248 e. The molecule has 0 spiro atoms. The van der Waals surface area contributed by atoms with E-state index in [1.165, 1.54) is 17.8 Å². The van der Waals surface area contributed by atoms with E-state index in [0.29, 0.717) is 21.8 Å². The van der Waals surface area contributed by atoms with E-state index in [-0.39, 0.29) is 5.91 Å². The van der Waals surface area contributed by atoms with Gasteiger partial charge in [-0.2, -0.15) is 5.10 Å². The third kappa shape index (κ3) is 4.40. The van der Waals surface area contributed by atoms with Gasteiger partial charge in [0.25, 0.3) is 0 Å². The van der Waals surface area contributed by atoms with E-state index in [4.69, 9.17) is 18.0 Å². The van der Waals surface area contributed by atoms with Gasteiger partial charge in [-0.3, -0.25) is 19.3 Å². The molecule has 1 aliphatic rings. The molecule has 1 fully saturated rings. The van der Waals surface area contributed by atoms with E-state index in [9.17, 15) is 9.59 Å². The molecule has 0 saturated carbocycles. The van der Waals surface area contributed by atoms with Gasteiger partial charge in [-0.05, 0) is 68.0 Å². The first kappa shape index (κ1) is 21.3. The second-order valence-electron chi connectivity index (χ2n) is 7.51. The largest absolute Gasteiger partial charge is 0.370 e. The number of thiophene rings is 1. The molecule has 1 unspecified atom stereocenters. The van der Waals surface area contributed by atoms with Crippen LogP contribution < -0.4 is 16.0 Å². The molecule has 0 aliphatic carbocycles. The normalized spacial score (nSPS) is 14.9. The highest BCUT2D eigenvalue weighted by Crippen LogP contribution is 2.31. The number of hydrogen-bond donors (Lipinski definition) is 3. The van der Waals surface area contributed by atoms with Crippen LogP contribution in [0.25, 0.3) is 10.7 Å². The lowest BCUT2D eigenvalue weighted by Crippen LogP contribution is -2.31. The molecule has 0 radical (unpaired) electrons. The number of nitrogens with zero attached hydrogens (tertiary/aromatic N) is 3. The number of aromatic nitrogens is 3. The van der Waals surface area contributed by atoms with Gasteiger partial charge in [0.15, 0.2) is 10.6 Å². The van der Waals surface area contributed by atoms with Gasteiger partial charge >= 0.3 is 0 Å². The summed E-state index contributed by atoms with van der Waals surface area (Å²) < 4.78 is 2.07. The molecule has 3 heterocycles. The molecule has 4 N–H and O–H groups in total. The van der Waals surface area contributed by atoms with Crippen molar-refractivity contribution in [2.24, 2.45) is 5.73 Å². The van der Waals surface area contributed by atoms with E-state index >= 15 is 0 Å². The van der Waals surface area contributed by atoms with Crippen LogP contribution in [0.5, 0.6) is 0 Å². The zero-order valence-corrected chi connectivity index (χ0v) is 18.8. The second-order valence-corrected chi connectivity index (χ2v) is 8.84. The lowest BCUT2D eigenvalue weighted by molar-refractivity contribution is -0.118. The summed E-state index contributed by atoms with van der Waals surface area (Å²) in [6, 6.07) is 8.44. The van der Waals surface area contributed by atoms with Crippen LogP contribution in [0, 0.1) is 4.77 Å². The van der Waals surface area contributed by atoms with Gasteiger partial charge in [0.05, 0.1) is 16.3 Å². The van der Waals surface area contributed by atoms with Crippen molar-refractivity contribution < 1.29 is 9.59 Å². The molecule has 8 nitrogen and oxygen atoms in total. The number of nitrogens with one attached hydrogen (secondary N) is 2. The minimum Gasteiger partial charge on any atom is -0.370 e. The minimum absolute atomic E-state index is 0.254. The number of anilines is 2. The third-order valence-electron chi connectivity index (χ3n) is 5.45. The molecule has 31 heavy (non-hydrogen) atoms. The van der Waals surface area contributed by atoms with Crippen LogP contribution in [0.2, 0.25) is 0 Å². The number of nitrogens with two attached hydrogens (primary N) is 1. The van der Waals surface area contributed by atoms with E-state index in [1.807, 2.05) is 23.6 Å². The van der Waals surface area contributed by atoms with E-state index in [0.717, 1.165) is 36.5 Å². The Bertz CT molecular complexity index is 1150. The fourth-order valence-electron chi connectivity index (χ4n) is 3.80. The lowest BCUT2D eigenvalue weighted by atomic mass is 10.1. The summed E-state index contributed by atoms with van der Waals surface area (Å²) in [7, 11) is 0. The molecule has 1 atom stereocenters. The molecule has 2 amide bonds. The summed E-state index contributed by atoms with van der Waals surface area (Å²) in [5.41, 5.74) is 7.29. The molecule has 0 bridgehead atoms. The van der Waals surface area contributed by atoms with Gasteiger partial charge in [-0.15, -0.1) is 11.3 Å². The molecule has 10 heteroatoms. The molecule has 2 aromatic heterocycles. The first-order valence-electron chi connectivity index (χ1n) is 10.2. The van der Waals surface area contributed by atoms with Crippen molar-refractivity contribution in [1.82, 2.24) is 14.8 Å².